The van der Waals surface area contributed by atoms with Gasteiger partial charge in [-0.25, -0.2) is 0 Å². The number of rotatable bonds is 5. The fraction of sp³-hybridized carbons (Fsp3) is 0.951. The van der Waals surface area contributed by atoms with Gasteiger partial charge in [-0.05, 0) is 82.5 Å². The maximum Gasteiger partial charge on any atom is 0.312 e. The molecule has 4 rings (SSSR count). The maximum absolute atomic E-state index is 14.2. The molecule has 0 radical (unpaired) electrons. The third-order valence-electron chi connectivity index (χ3n) is 13.1. The van der Waals surface area contributed by atoms with Crippen molar-refractivity contribution in [2.75, 3.05) is 0 Å². The van der Waals surface area contributed by atoms with Crippen LogP contribution in [-0.2, 0) is 42.7 Å². The number of ether oxygens (including phenoxy) is 7. The molecule has 4 aliphatic rings. The largest absolute Gasteiger partial charge is 0.454 e. The van der Waals surface area contributed by atoms with Crippen LogP contribution in [0.5, 0.6) is 0 Å². The first-order chi connectivity index (χ1) is 23.0. The molecule has 2 bridgehead atoms. The van der Waals surface area contributed by atoms with Crippen LogP contribution in [0.1, 0.15) is 136 Å². The highest BCUT2D eigenvalue weighted by Gasteiger charge is 2.52. The molecule has 0 amide bonds. The normalized spacial score (nSPS) is 47.2. The quantitative estimate of drug-likeness (QED) is 0.261. The predicted octanol–water partition coefficient (Wildman–Crippen LogP) is 8.35. The highest BCUT2D eigenvalue weighted by Crippen LogP contribution is 2.47. The van der Waals surface area contributed by atoms with E-state index in [0.29, 0.717) is 24.7 Å². The highest BCUT2D eigenvalue weighted by atomic mass is 16.7. The Morgan fingerprint density at radius 2 is 1.38 bits per heavy atom. The highest BCUT2D eigenvalue weighted by molar-refractivity contribution is 5.90. The van der Waals surface area contributed by atoms with Gasteiger partial charge in [0.15, 0.2) is 24.5 Å². The van der Waals surface area contributed by atoms with E-state index < -0.39 is 54.0 Å². The Hall–Kier alpha value is -1.10. The summed E-state index contributed by atoms with van der Waals surface area (Å²) in [6.07, 6.45) is -1.10. The summed E-state index contributed by atoms with van der Waals surface area (Å²) in [5.41, 5.74) is -0.451. The number of hydrogen-bond donors (Lipinski definition) is 0. The van der Waals surface area contributed by atoms with Crippen molar-refractivity contribution >= 4 is 11.8 Å². The first-order valence-corrected chi connectivity index (χ1v) is 19.7. The summed E-state index contributed by atoms with van der Waals surface area (Å²) in [4.78, 5) is 28.4. The van der Waals surface area contributed by atoms with Crippen molar-refractivity contribution in [2.24, 2.45) is 52.3 Å². The van der Waals surface area contributed by atoms with Crippen LogP contribution in [0, 0.1) is 52.3 Å². The van der Waals surface area contributed by atoms with Crippen molar-refractivity contribution in [3.8, 4) is 0 Å². The lowest BCUT2D eigenvalue weighted by Gasteiger charge is -2.51. The number of fused-ring (bicyclic) bond motifs is 2. The van der Waals surface area contributed by atoms with Crippen LogP contribution >= 0.6 is 0 Å². The maximum atomic E-state index is 14.2. The number of hydrogen-bond acceptors (Lipinski definition) is 9. The summed E-state index contributed by atoms with van der Waals surface area (Å²) in [6.45, 7) is 33.7. The Bertz CT molecular complexity index is 1170. The van der Waals surface area contributed by atoms with Gasteiger partial charge in [-0.1, -0.05) is 76.2 Å². The second-order valence-corrected chi connectivity index (χ2v) is 18.7. The van der Waals surface area contributed by atoms with Crippen LogP contribution in [0.25, 0.3) is 0 Å². The van der Waals surface area contributed by atoms with Crippen molar-refractivity contribution in [1.29, 1.82) is 0 Å². The lowest BCUT2D eigenvalue weighted by Crippen LogP contribution is -2.58. The van der Waals surface area contributed by atoms with Gasteiger partial charge in [0.25, 0.3) is 0 Å². The fourth-order valence-electron chi connectivity index (χ4n) is 9.49. The molecule has 4 fully saturated rings. The minimum absolute atomic E-state index is 0.0173. The van der Waals surface area contributed by atoms with E-state index in [0.717, 1.165) is 12.8 Å². The van der Waals surface area contributed by atoms with Crippen molar-refractivity contribution in [1.82, 2.24) is 0 Å². The molecule has 4 saturated heterocycles. The molecule has 0 aromatic rings. The number of esters is 1. The first kappa shape index (κ1) is 41.7. The zero-order chi connectivity index (χ0) is 37.7. The molecule has 50 heavy (non-hydrogen) atoms. The average Bonchev–Trinajstić information content (AvgIpc) is 3.01. The Labute approximate surface area is 303 Å². The van der Waals surface area contributed by atoms with Crippen LogP contribution in [0.4, 0.5) is 0 Å². The minimum Gasteiger partial charge on any atom is -0.454 e. The summed E-state index contributed by atoms with van der Waals surface area (Å²) in [6, 6.07) is 0. The number of carbonyl (C=O) groups is 2. The van der Waals surface area contributed by atoms with Crippen molar-refractivity contribution in [3.63, 3.8) is 0 Å². The van der Waals surface area contributed by atoms with Gasteiger partial charge >= 0.3 is 5.97 Å². The SMILES string of the molecule is CC[C@H]1OC(=O)[C@H](C)[C@@H](OC2CC(C)(C)[C@@H](C)[C@H](C)O2)[C@H](C)[C@@H](OC2O[C@H](C)C[C@H](C)[C@H]2C)C(C)(C)C[C@@H](C)[C@@H]2OC(C)(C)O[C@@H](C1=O)[C@H]2C. The Kier molecular flexibility index (Phi) is 13.1. The van der Waals surface area contributed by atoms with E-state index in [4.69, 9.17) is 33.2 Å². The molecule has 4 heterocycles. The van der Waals surface area contributed by atoms with Crippen LogP contribution in [0.2, 0.25) is 0 Å². The van der Waals surface area contributed by atoms with Gasteiger partial charge in [0, 0.05) is 24.2 Å². The van der Waals surface area contributed by atoms with Gasteiger partial charge in [-0.3, -0.25) is 9.59 Å². The van der Waals surface area contributed by atoms with E-state index in [1.54, 1.807) is 0 Å². The molecule has 0 spiro atoms. The molecule has 9 heteroatoms. The minimum atomic E-state index is -0.981. The average molecular weight is 709 g/mol. The molecule has 16 atom stereocenters. The number of Topliss-reactive ketones (excluding diaryl/α,β-unsaturated/α-hetero) is 1. The predicted molar refractivity (Wildman–Crippen MR) is 193 cm³/mol. The Morgan fingerprint density at radius 1 is 0.740 bits per heavy atom. The number of carbonyl (C=O) groups excluding carboxylic acids is 2. The Morgan fingerprint density at radius 3 is 1.98 bits per heavy atom. The van der Waals surface area contributed by atoms with E-state index in [-0.39, 0.29) is 59.3 Å². The monoisotopic (exact) mass is 709 g/mol. The molecular formula is C41H72O9. The third kappa shape index (κ3) is 8.98. The molecule has 0 aromatic carbocycles. The molecule has 4 aliphatic heterocycles. The van der Waals surface area contributed by atoms with E-state index >= 15 is 0 Å². The van der Waals surface area contributed by atoms with Gasteiger partial charge in [0.2, 0.25) is 5.78 Å². The van der Waals surface area contributed by atoms with E-state index in [1.807, 2.05) is 34.6 Å². The fourth-order valence-corrected chi connectivity index (χ4v) is 9.49. The van der Waals surface area contributed by atoms with Gasteiger partial charge in [0.1, 0.15) is 6.10 Å². The first-order valence-electron chi connectivity index (χ1n) is 19.7. The molecule has 0 aromatic heterocycles. The second-order valence-electron chi connectivity index (χ2n) is 18.7. The molecule has 2 unspecified atom stereocenters. The Balaban J connectivity index is 1.82. The summed E-state index contributed by atoms with van der Waals surface area (Å²) in [5.74, 6) is -1.91. The van der Waals surface area contributed by atoms with E-state index in [2.05, 4.69) is 76.2 Å². The lowest BCUT2D eigenvalue weighted by molar-refractivity contribution is -0.323. The van der Waals surface area contributed by atoms with E-state index in [1.165, 1.54) is 0 Å². The molecule has 9 nitrogen and oxygen atoms in total. The topological polar surface area (TPSA) is 98.8 Å². The van der Waals surface area contributed by atoms with Crippen molar-refractivity contribution < 1.29 is 42.7 Å². The number of cyclic esters (lactones) is 1. The molecule has 0 N–H and O–H groups in total. The summed E-state index contributed by atoms with van der Waals surface area (Å²) in [7, 11) is 0. The summed E-state index contributed by atoms with van der Waals surface area (Å²) >= 11 is 0. The summed E-state index contributed by atoms with van der Waals surface area (Å²) < 4.78 is 46.3. The molecular weight excluding hydrogens is 636 g/mol. The zero-order valence-electron chi connectivity index (χ0n) is 34.2. The van der Waals surface area contributed by atoms with Gasteiger partial charge in [-0.15, -0.1) is 0 Å². The van der Waals surface area contributed by atoms with Crippen LogP contribution in [0.3, 0.4) is 0 Å². The molecule has 0 aliphatic carbocycles. The van der Waals surface area contributed by atoms with Crippen molar-refractivity contribution in [3.05, 3.63) is 0 Å². The molecule has 0 saturated carbocycles. The van der Waals surface area contributed by atoms with Crippen LogP contribution in [0.15, 0.2) is 0 Å². The lowest BCUT2D eigenvalue weighted by atomic mass is 9.69. The third-order valence-corrected chi connectivity index (χ3v) is 13.1. The van der Waals surface area contributed by atoms with Crippen LogP contribution < -0.4 is 0 Å². The standard InChI is InChI=1S/C41H72O9/c1-17-30-32(42)35-25(6)33(49-41(15,16)50-35)22(3)19-40(13,14)36(48-38-24(5)21(2)18-23(4)44-38)26(7)34(27(8)37(43)46-30)47-31-20-39(11,12)28(9)29(10)45-31/h21-31,33-36,38H,17-20H2,1-16H3/t21-,22+,23+,24+,25-,26-,27+,28-,29-,30+,31?,33-,34-,35+,36+,38?/m0/s1. The van der Waals surface area contributed by atoms with Gasteiger partial charge < -0.3 is 33.2 Å². The number of ketones is 1. The van der Waals surface area contributed by atoms with Crippen molar-refractivity contribution in [2.45, 2.75) is 198 Å². The summed E-state index contributed by atoms with van der Waals surface area (Å²) in [5, 5.41) is 0. The smallest absolute Gasteiger partial charge is 0.312 e. The van der Waals surface area contributed by atoms with Gasteiger partial charge in [0.05, 0.1) is 36.4 Å². The second kappa shape index (κ2) is 15.7. The van der Waals surface area contributed by atoms with E-state index in [9.17, 15) is 9.59 Å². The zero-order valence-corrected chi connectivity index (χ0v) is 34.2. The van der Waals surface area contributed by atoms with Gasteiger partial charge in [-0.2, -0.15) is 0 Å². The van der Waals surface area contributed by atoms with Crippen LogP contribution in [-0.4, -0.2) is 72.8 Å². The molecule has 290 valence electrons.